The van der Waals surface area contributed by atoms with Crippen molar-refractivity contribution in [3.05, 3.63) is 29.6 Å². The number of benzene rings is 1. The number of rotatable bonds is 2. The molecule has 0 amide bonds. The summed E-state index contributed by atoms with van der Waals surface area (Å²) in [5, 5.41) is 0. The van der Waals surface area contributed by atoms with Crippen LogP contribution in [0.1, 0.15) is 10.4 Å². The lowest BCUT2D eigenvalue weighted by molar-refractivity contribution is -0.0328. The van der Waals surface area contributed by atoms with E-state index in [4.69, 9.17) is 0 Å². The molecule has 1 nitrogen and oxygen atoms in total. The van der Waals surface area contributed by atoms with Crippen molar-refractivity contribution in [3.63, 3.8) is 0 Å². The molecular formula is C8H4F4OS. The number of thioether (sulfide) groups is 1. The quantitative estimate of drug-likeness (QED) is 0.435. The van der Waals surface area contributed by atoms with Crippen LogP contribution in [-0.4, -0.2) is 11.8 Å². The van der Waals surface area contributed by atoms with E-state index in [0.717, 1.165) is 18.2 Å². The van der Waals surface area contributed by atoms with Gasteiger partial charge in [0.15, 0.2) is 6.29 Å². The Labute approximate surface area is 81.1 Å². The maximum atomic E-state index is 12.7. The zero-order chi connectivity index (χ0) is 10.8. The van der Waals surface area contributed by atoms with Crippen molar-refractivity contribution in [2.75, 3.05) is 0 Å². The van der Waals surface area contributed by atoms with Gasteiger partial charge < -0.3 is 0 Å². The molecule has 0 N–H and O–H groups in total. The van der Waals surface area contributed by atoms with E-state index in [2.05, 4.69) is 0 Å². The average Bonchev–Trinajstić information content (AvgIpc) is 2.06. The molecule has 0 saturated carbocycles. The lowest BCUT2D eigenvalue weighted by atomic mass is 10.2. The van der Waals surface area contributed by atoms with Gasteiger partial charge in [0.2, 0.25) is 0 Å². The van der Waals surface area contributed by atoms with Crippen LogP contribution in [0.15, 0.2) is 23.1 Å². The molecule has 0 bridgehead atoms. The fourth-order valence-electron chi connectivity index (χ4n) is 0.809. The summed E-state index contributed by atoms with van der Waals surface area (Å²) in [4.78, 5) is 10.0. The van der Waals surface area contributed by atoms with Gasteiger partial charge in [-0.1, -0.05) is 0 Å². The number of alkyl halides is 3. The van der Waals surface area contributed by atoms with Gasteiger partial charge in [-0.15, -0.1) is 0 Å². The highest BCUT2D eigenvalue weighted by Gasteiger charge is 2.29. The molecule has 0 aliphatic rings. The van der Waals surface area contributed by atoms with E-state index < -0.39 is 11.3 Å². The van der Waals surface area contributed by atoms with E-state index in [-0.39, 0.29) is 28.5 Å². The highest BCUT2D eigenvalue weighted by Crippen LogP contribution is 2.37. The van der Waals surface area contributed by atoms with E-state index in [1.54, 1.807) is 0 Å². The fourth-order valence-corrected chi connectivity index (χ4v) is 1.40. The van der Waals surface area contributed by atoms with Crippen molar-refractivity contribution < 1.29 is 22.4 Å². The Morgan fingerprint density at radius 2 is 1.93 bits per heavy atom. The van der Waals surface area contributed by atoms with Crippen molar-refractivity contribution in [1.82, 2.24) is 0 Å². The Morgan fingerprint density at radius 1 is 1.29 bits per heavy atom. The largest absolute Gasteiger partial charge is 0.446 e. The molecule has 76 valence electrons. The molecule has 0 spiro atoms. The van der Waals surface area contributed by atoms with Crippen molar-refractivity contribution in [3.8, 4) is 0 Å². The minimum absolute atomic E-state index is 0.176. The van der Waals surface area contributed by atoms with Crippen LogP contribution < -0.4 is 0 Å². The summed E-state index contributed by atoms with van der Waals surface area (Å²) in [5.74, 6) is -0.827. The van der Waals surface area contributed by atoms with Gasteiger partial charge in [0.25, 0.3) is 0 Å². The number of carbonyl (C=O) groups is 1. The van der Waals surface area contributed by atoms with E-state index in [1.165, 1.54) is 0 Å². The number of carbonyl (C=O) groups excluding carboxylic acids is 1. The van der Waals surface area contributed by atoms with Gasteiger partial charge in [-0.3, -0.25) is 4.79 Å². The van der Waals surface area contributed by atoms with Gasteiger partial charge >= 0.3 is 5.51 Å². The summed E-state index contributed by atoms with van der Waals surface area (Å²) in [6.45, 7) is 0. The first kappa shape index (κ1) is 11.0. The minimum atomic E-state index is -4.43. The van der Waals surface area contributed by atoms with Crippen LogP contribution in [0.3, 0.4) is 0 Å². The van der Waals surface area contributed by atoms with E-state index in [9.17, 15) is 22.4 Å². The predicted octanol–water partition coefficient (Wildman–Crippen LogP) is 3.25. The lowest BCUT2D eigenvalue weighted by Gasteiger charge is -2.05. The molecule has 0 fully saturated rings. The summed E-state index contributed by atoms with van der Waals surface area (Å²) < 4.78 is 48.3. The van der Waals surface area contributed by atoms with Gasteiger partial charge in [0.05, 0.1) is 5.56 Å². The molecule has 0 heterocycles. The molecule has 1 aromatic carbocycles. The van der Waals surface area contributed by atoms with Crippen LogP contribution in [0.5, 0.6) is 0 Å². The highest BCUT2D eigenvalue weighted by molar-refractivity contribution is 8.00. The normalized spacial score (nSPS) is 11.4. The van der Waals surface area contributed by atoms with E-state index >= 15 is 0 Å². The molecule has 0 saturated heterocycles. The molecule has 14 heavy (non-hydrogen) atoms. The van der Waals surface area contributed by atoms with E-state index in [1.807, 2.05) is 0 Å². The van der Waals surface area contributed by atoms with Gasteiger partial charge in [-0.25, -0.2) is 4.39 Å². The van der Waals surface area contributed by atoms with Crippen LogP contribution in [0.25, 0.3) is 0 Å². The summed E-state index contributed by atoms with van der Waals surface area (Å²) >= 11 is -0.387. The smallest absolute Gasteiger partial charge is 0.298 e. The summed E-state index contributed by atoms with van der Waals surface area (Å²) in [5.41, 5.74) is -4.81. The Bertz CT molecular complexity index is 348. The van der Waals surface area contributed by atoms with Gasteiger partial charge in [-0.2, -0.15) is 13.2 Å². The maximum absolute atomic E-state index is 12.7. The highest BCUT2D eigenvalue weighted by atomic mass is 32.2. The zero-order valence-electron chi connectivity index (χ0n) is 6.64. The van der Waals surface area contributed by atoms with Crippen molar-refractivity contribution >= 4 is 18.0 Å². The fraction of sp³-hybridized carbons (Fsp3) is 0.125. The first-order valence-electron chi connectivity index (χ1n) is 3.43. The SMILES string of the molecule is O=Cc1cc(SC(F)(F)F)ccc1F. The summed E-state index contributed by atoms with van der Waals surface area (Å²) in [6, 6.07) is 2.67. The second-order valence-corrected chi connectivity index (χ2v) is 3.49. The third kappa shape index (κ3) is 3.02. The Morgan fingerprint density at radius 3 is 2.43 bits per heavy atom. The van der Waals surface area contributed by atoms with Crippen LogP contribution >= 0.6 is 11.8 Å². The van der Waals surface area contributed by atoms with Crippen molar-refractivity contribution in [2.24, 2.45) is 0 Å². The van der Waals surface area contributed by atoms with Gasteiger partial charge in [0, 0.05) is 4.90 Å². The monoisotopic (exact) mass is 224 g/mol. The molecule has 1 aromatic rings. The first-order chi connectivity index (χ1) is 6.42. The minimum Gasteiger partial charge on any atom is -0.298 e. The Kier molecular flexibility index (Phi) is 3.15. The topological polar surface area (TPSA) is 17.1 Å². The van der Waals surface area contributed by atoms with Crippen LogP contribution in [0.4, 0.5) is 17.6 Å². The molecule has 0 aromatic heterocycles. The van der Waals surface area contributed by atoms with Crippen LogP contribution in [-0.2, 0) is 0 Å². The molecule has 0 aliphatic heterocycles. The second kappa shape index (κ2) is 4.00. The van der Waals surface area contributed by atoms with Crippen LogP contribution in [0, 0.1) is 5.82 Å². The first-order valence-corrected chi connectivity index (χ1v) is 4.24. The second-order valence-electron chi connectivity index (χ2n) is 2.35. The molecule has 1 rings (SSSR count). The number of halogens is 4. The lowest BCUT2D eigenvalue weighted by Crippen LogP contribution is -1.99. The molecular weight excluding hydrogens is 220 g/mol. The van der Waals surface area contributed by atoms with Crippen molar-refractivity contribution in [1.29, 1.82) is 0 Å². The average molecular weight is 224 g/mol. The third-order valence-electron chi connectivity index (χ3n) is 1.33. The number of hydrogen-bond donors (Lipinski definition) is 0. The Balaban J connectivity index is 2.95. The zero-order valence-corrected chi connectivity index (χ0v) is 7.45. The Hall–Kier alpha value is -1.04. The van der Waals surface area contributed by atoms with Crippen molar-refractivity contribution in [2.45, 2.75) is 10.4 Å². The van der Waals surface area contributed by atoms with E-state index in [0.29, 0.717) is 0 Å². The molecule has 0 unspecified atom stereocenters. The number of hydrogen-bond acceptors (Lipinski definition) is 2. The van der Waals surface area contributed by atoms with Gasteiger partial charge in [-0.05, 0) is 30.0 Å². The molecule has 0 radical (unpaired) electrons. The van der Waals surface area contributed by atoms with Crippen LogP contribution in [0.2, 0.25) is 0 Å². The third-order valence-corrected chi connectivity index (χ3v) is 2.05. The maximum Gasteiger partial charge on any atom is 0.446 e. The standard InChI is InChI=1S/C8H4F4OS/c9-7-2-1-6(3-5(7)4-13)14-8(10,11)12/h1-4H. The predicted molar refractivity (Wildman–Crippen MR) is 43.7 cm³/mol. The number of aldehydes is 1. The summed E-state index contributed by atoms with van der Waals surface area (Å²) in [7, 11) is 0. The summed E-state index contributed by atoms with van der Waals surface area (Å²) in [6.07, 6.45) is 0.176. The molecule has 0 aliphatic carbocycles. The van der Waals surface area contributed by atoms with Gasteiger partial charge in [0.1, 0.15) is 5.82 Å². The molecule has 0 atom stereocenters. The molecule has 6 heteroatoms.